The lowest BCUT2D eigenvalue weighted by Gasteiger charge is -2.17. The predicted octanol–water partition coefficient (Wildman–Crippen LogP) is 3.49. The highest BCUT2D eigenvalue weighted by Gasteiger charge is 2.27. The minimum atomic E-state index is -3.45. The minimum absolute atomic E-state index is 0.243. The monoisotopic (exact) mass is 402 g/mol. The minimum Gasteiger partial charge on any atom is -0.481 e. The van der Waals surface area contributed by atoms with Crippen molar-refractivity contribution in [3.05, 3.63) is 53.6 Å². The predicted molar refractivity (Wildman–Crippen MR) is 109 cm³/mol. The molecular formula is C21H26N2O4S. The molecule has 0 spiro atoms. The van der Waals surface area contributed by atoms with Crippen LogP contribution in [0.5, 0.6) is 5.75 Å². The smallest absolute Gasteiger partial charge is 0.265 e. The van der Waals surface area contributed by atoms with Crippen molar-refractivity contribution >= 4 is 21.6 Å². The molecule has 1 atom stereocenters. The van der Waals surface area contributed by atoms with Crippen LogP contribution in [0.1, 0.15) is 30.9 Å². The molecule has 0 aromatic heterocycles. The van der Waals surface area contributed by atoms with Gasteiger partial charge in [-0.05, 0) is 81.1 Å². The zero-order valence-electron chi connectivity index (χ0n) is 16.4. The average molecular weight is 403 g/mol. The Morgan fingerprint density at radius 2 is 1.61 bits per heavy atom. The van der Waals surface area contributed by atoms with Crippen LogP contribution in [0.2, 0.25) is 0 Å². The first-order chi connectivity index (χ1) is 13.3. The number of aryl methyl sites for hydroxylation is 2. The maximum atomic E-state index is 12.6. The summed E-state index contributed by atoms with van der Waals surface area (Å²) in [4.78, 5) is 12.7. The molecule has 0 aliphatic carbocycles. The maximum Gasteiger partial charge on any atom is 0.265 e. The molecule has 1 amide bonds. The molecule has 150 valence electrons. The molecule has 1 N–H and O–H groups in total. The lowest BCUT2D eigenvalue weighted by Crippen LogP contribution is -2.30. The van der Waals surface area contributed by atoms with Crippen molar-refractivity contribution in [3.63, 3.8) is 0 Å². The molecule has 28 heavy (non-hydrogen) atoms. The molecule has 1 heterocycles. The van der Waals surface area contributed by atoms with E-state index < -0.39 is 16.1 Å². The second-order valence-corrected chi connectivity index (χ2v) is 9.15. The molecule has 1 aliphatic heterocycles. The largest absolute Gasteiger partial charge is 0.481 e. The number of nitrogens with zero attached hydrogens (tertiary/aromatic N) is 1. The van der Waals surface area contributed by atoms with E-state index in [1.165, 1.54) is 16.4 Å². The van der Waals surface area contributed by atoms with Crippen LogP contribution in [0, 0.1) is 13.8 Å². The number of rotatable bonds is 6. The van der Waals surface area contributed by atoms with Crippen LogP contribution in [-0.2, 0) is 14.8 Å². The Labute approximate surface area is 166 Å². The molecule has 1 aliphatic rings. The van der Waals surface area contributed by atoms with Crippen molar-refractivity contribution in [1.82, 2.24) is 4.31 Å². The first-order valence-electron chi connectivity index (χ1n) is 9.42. The van der Waals surface area contributed by atoms with Gasteiger partial charge in [0, 0.05) is 18.8 Å². The topological polar surface area (TPSA) is 75.7 Å². The fraction of sp³-hybridized carbons (Fsp3) is 0.381. The lowest BCUT2D eigenvalue weighted by molar-refractivity contribution is -0.122. The van der Waals surface area contributed by atoms with Crippen molar-refractivity contribution in [2.75, 3.05) is 18.4 Å². The Morgan fingerprint density at radius 3 is 2.18 bits per heavy atom. The summed E-state index contributed by atoms with van der Waals surface area (Å²) in [5, 5.41) is 2.77. The molecule has 2 aromatic carbocycles. The number of carbonyl (C=O) groups excluding carboxylic acids is 1. The van der Waals surface area contributed by atoms with Gasteiger partial charge in [-0.1, -0.05) is 6.07 Å². The number of anilines is 1. The van der Waals surface area contributed by atoms with Gasteiger partial charge in [0.1, 0.15) is 5.75 Å². The second-order valence-electron chi connectivity index (χ2n) is 7.21. The highest BCUT2D eigenvalue weighted by molar-refractivity contribution is 7.89. The number of hydrogen-bond acceptors (Lipinski definition) is 4. The average Bonchev–Trinajstić information content (AvgIpc) is 3.16. The Morgan fingerprint density at radius 1 is 1.04 bits per heavy atom. The molecule has 3 rings (SSSR count). The molecular weight excluding hydrogens is 376 g/mol. The summed E-state index contributed by atoms with van der Waals surface area (Å²) in [5.74, 6) is 0.349. The van der Waals surface area contributed by atoms with Crippen LogP contribution in [0.25, 0.3) is 0 Å². The Bertz CT molecular complexity index is 929. The van der Waals surface area contributed by atoms with E-state index in [4.69, 9.17) is 4.74 Å². The third kappa shape index (κ3) is 4.72. The van der Waals surface area contributed by atoms with Crippen LogP contribution in [0.15, 0.2) is 47.4 Å². The number of nitrogens with one attached hydrogen (secondary N) is 1. The maximum absolute atomic E-state index is 12.6. The van der Waals surface area contributed by atoms with Gasteiger partial charge in [0.15, 0.2) is 6.10 Å². The van der Waals surface area contributed by atoms with Crippen LogP contribution in [0.3, 0.4) is 0 Å². The van der Waals surface area contributed by atoms with Gasteiger partial charge in [-0.25, -0.2) is 8.42 Å². The van der Waals surface area contributed by atoms with Crippen LogP contribution in [0.4, 0.5) is 5.69 Å². The summed E-state index contributed by atoms with van der Waals surface area (Å²) in [5.41, 5.74) is 2.66. The summed E-state index contributed by atoms with van der Waals surface area (Å²) in [6.45, 7) is 6.76. The van der Waals surface area contributed by atoms with Crippen molar-refractivity contribution in [3.8, 4) is 5.75 Å². The van der Waals surface area contributed by atoms with E-state index in [0.717, 1.165) is 24.0 Å². The van der Waals surface area contributed by atoms with E-state index in [1.807, 2.05) is 32.0 Å². The molecule has 2 aromatic rings. The van der Waals surface area contributed by atoms with E-state index >= 15 is 0 Å². The fourth-order valence-corrected chi connectivity index (χ4v) is 4.81. The summed E-state index contributed by atoms with van der Waals surface area (Å²) < 4.78 is 32.3. The number of amides is 1. The van der Waals surface area contributed by atoms with Gasteiger partial charge >= 0.3 is 0 Å². The van der Waals surface area contributed by atoms with Crippen LogP contribution < -0.4 is 10.1 Å². The standard InChI is InChI=1S/C21H26N2O4S/c1-15-12-16(2)14-19(13-15)27-17(3)21(24)22-18-6-8-20(9-7-18)28(25,26)23-10-4-5-11-23/h6-9,12-14,17H,4-5,10-11H2,1-3H3,(H,22,24)/t17-/m1/s1. The fourth-order valence-electron chi connectivity index (χ4n) is 3.29. The molecule has 6 nitrogen and oxygen atoms in total. The summed E-state index contributed by atoms with van der Waals surface area (Å²) >= 11 is 0. The first kappa shape index (κ1) is 20.4. The Balaban J connectivity index is 1.63. The van der Waals surface area contributed by atoms with Crippen LogP contribution >= 0.6 is 0 Å². The number of carbonyl (C=O) groups is 1. The third-order valence-electron chi connectivity index (χ3n) is 4.70. The van der Waals surface area contributed by atoms with Crippen molar-refractivity contribution in [2.24, 2.45) is 0 Å². The molecule has 1 saturated heterocycles. The van der Waals surface area contributed by atoms with E-state index in [9.17, 15) is 13.2 Å². The second kappa shape index (κ2) is 8.32. The summed E-state index contributed by atoms with van der Waals surface area (Å²) in [6.07, 6.45) is 1.10. The normalized spacial score (nSPS) is 16.0. The summed E-state index contributed by atoms with van der Waals surface area (Å²) in [7, 11) is -3.45. The van der Waals surface area contributed by atoms with Crippen molar-refractivity contribution < 1.29 is 17.9 Å². The molecule has 0 radical (unpaired) electrons. The van der Waals surface area contributed by atoms with Gasteiger partial charge in [-0.15, -0.1) is 0 Å². The Kier molecular flexibility index (Phi) is 6.05. The quantitative estimate of drug-likeness (QED) is 0.802. The van der Waals surface area contributed by atoms with Gasteiger partial charge in [0.2, 0.25) is 10.0 Å². The number of sulfonamides is 1. The molecule has 0 bridgehead atoms. The van der Waals surface area contributed by atoms with E-state index in [-0.39, 0.29) is 10.8 Å². The zero-order valence-corrected chi connectivity index (χ0v) is 17.3. The molecule has 7 heteroatoms. The van der Waals surface area contributed by atoms with E-state index in [1.54, 1.807) is 19.1 Å². The van der Waals surface area contributed by atoms with Gasteiger partial charge < -0.3 is 10.1 Å². The SMILES string of the molecule is Cc1cc(C)cc(O[C@H](C)C(=O)Nc2ccc(S(=O)(=O)N3CCCC3)cc2)c1. The van der Waals surface area contributed by atoms with Crippen molar-refractivity contribution in [2.45, 2.75) is 44.6 Å². The number of benzene rings is 2. The van der Waals surface area contributed by atoms with Gasteiger partial charge in [-0.2, -0.15) is 4.31 Å². The Hall–Kier alpha value is -2.38. The van der Waals surface area contributed by atoms with Crippen molar-refractivity contribution in [1.29, 1.82) is 0 Å². The third-order valence-corrected chi connectivity index (χ3v) is 6.61. The molecule has 1 fully saturated rings. The molecule has 0 saturated carbocycles. The van der Waals surface area contributed by atoms with Gasteiger partial charge in [0.05, 0.1) is 4.90 Å². The molecule has 0 unspecified atom stereocenters. The number of ether oxygens (including phenoxy) is 1. The van der Waals surface area contributed by atoms with Gasteiger partial charge in [0.25, 0.3) is 5.91 Å². The highest BCUT2D eigenvalue weighted by Crippen LogP contribution is 2.23. The van der Waals surface area contributed by atoms with E-state index in [2.05, 4.69) is 5.32 Å². The lowest BCUT2D eigenvalue weighted by atomic mass is 10.1. The van der Waals surface area contributed by atoms with Crippen LogP contribution in [-0.4, -0.2) is 37.8 Å². The highest BCUT2D eigenvalue weighted by atomic mass is 32.2. The zero-order chi connectivity index (χ0) is 20.3. The van der Waals surface area contributed by atoms with E-state index in [0.29, 0.717) is 24.5 Å². The number of hydrogen-bond donors (Lipinski definition) is 1. The van der Waals surface area contributed by atoms with Gasteiger partial charge in [-0.3, -0.25) is 4.79 Å². The summed E-state index contributed by atoms with van der Waals surface area (Å²) in [6, 6.07) is 12.1. The first-order valence-corrected chi connectivity index (χ1v) is 10.9.